The SMILES string of the molecule is CNCc1ccc(-c2ccccc2Cl)c(NS(=O)(=O)c2ccsc2)c1. The summed E-state index contributed by atoms with van der Waals surface area (Å²) in [5, 5.41) is 6.98. The van der Waals surface area contributed by atoms with E-state index < -0.39 is 10.0 Å². The van der Waals surface area contributed by atoms with Crippen LogP contribution in [0.4, 0.5) is 5.69 Å². The Bertz CT molecular complexity index is 971. The fraction of sp³-hybridized carbons (Fsp3) is 0.111. The molecule has 0 saturated heterocycles. The van der Waals surface area contributed by atoms with Crippen LogP contribution in [0.3, 0.4) is 0 Å². The summed E-state index contributed by atoms with van der Waals surface area (Å²) in [4.78, 5) is 0.252. The van der Waals surface area contributed by atoms with Gasteiger partial charge in [0.25, 0.3) is 10.0 Å². The number of hydrogen-bond acceptors (Lipinski definition) is 4. The molecule has 0 radical (unpaired) electrons. The lowest BCUT2D eigenvalue weighted by Crippen LogP contribution is -2.14. The lowest BCUT2D eigenvalue weighted by molar-refractivity contribution is 0.601. The molecule has 2 N–H and O–H groups in total. The Morgan fingerprint density at radius 1 is 1.08 bits per heavy atom. The molecule has 0 fully saturated rings. The molecule has 7 heteroatoms. The van der Waals surface area contributed by atoms with Crippen LogP contribution in [0.2, 0.25) is 5.02 Å². The molecular weight excluding hydrogens is 376 g/mol. The van der Waals surface area contributed by atoms with Crippen molar-refractivity contribution in [2.75, 3.05) is 11.8 Å². The fourth-order valence-corrected chi connectivity index (χ4v) is 4.85. The van der Waals surface area contributed by atoms with E-state index in [-0.39, 0.29) is 4.90 Å². The average molecular weight is 393 g/mol. The minimum absolute atomic E-state index is 0.252. The Hall–Kier alpha value is -1.86. The minimum atomic E-state index is -3.65. The Kier molecular flexibility index (Phi) is 5.44. The summed E-state index contributed by atoms with van der Waals surface area (Å²) in [5.41, 5.74) is 3.00. The van der Waals surface area contributed by atoms with Crippen LogP contribution in [-0.2, 0) is 16.6 Å². The molecule has 0 amide bonds. The van der Waals surface area contributed by atoms with Gasteiger partial charge < -0.3 is 5.32 Å². The second kappa shape index (κ2) is 7.58. The number of sulfonamides is 1. The molecule has 0 aliphatic rings. The average Bonchev–Trinajstić information content (AvgIpc) is 3.12. The van der Waals surface area contributed by atoms with Crippen LogP contribution < -0.4 is 10.0 Å². The molecule has 130 valence electrons. The number of nitrogens with one attached hydrogen (secondary N) is 2. The van der Waals surface area contributed by atoms with E-state index in [1.54, 1.807) is 22.9 Å². The second-order valence-corrected chi connectivity index (χ2v) is 8.32. The first kappa shape index (κ1) is 17.9. The van der Waals surface area contributed by atoms with Crippen molar-refractivity contribution in [2.24, 2.45) is 0 Å². The first-order valence-corrected chi connectivity index (χ1v) is 10.4. The number of rotatable bonds is 6. The number of anilines is 1. The highest BCUT2D eigenvalue weighted by molar-refractivity contribution is 7.92. The topological polar surface area (TPSA) is 58.2 Å². The number of thiophene rings is 1. The Morgan fingerprint density at radius 2 is 1.88 bits per heavy atom. The van der Waals surface area contributed by atoms with Gasteiger partial charge in [0.05, 0.1) is 10.6 Å². The van der Waals surface area contributed by atoms with Crippen molar-refractivity contribution < 1.29 is 8.42 Å². The van der Waals surface area contributed by atoms with E-state index in [4.69, 9.17) is 11.6 Å². The third-order valence-electron chi connectivity index (χ3n) is 3.68. The van der Waals surface area contributed by atoms with E-state index in [1.165, 1.54) is 11.3 Å². The van der Waals surface area contributed by atoms with E-state index in [0.717, 1.165) is 16.7 Å². The molecule has 0 spiro atoms. The third kappa shape index (κ3) is 4.04. The molecule has 0 aliphatic heterocycles. The maximum atomic E-state index is 12.6. The highest BCUT2D eigenvalue weighted by Crippen LogP contribution is 2.35. The smallest absolute Gasteiger partial charge is 0.262 e. The summed E-state index contributed by atoms with van der Waals surface area (Å²) in [7, 11) is -1.80. The van der Waals surface area contributed by atoms with Gasteiger partial charge in [0.2, 0.25) is 0 Å². The van der Waals surface area contributed by atoms with Crippen molar-refractivity contribution >= 4 is 38.6 Å². The van der Waals surface area contributed by atoms with Gasteiger partial charge in [-0.25, -0.2) is 8.42 Å². The van der Waals surface area contributed by atoms with Crippen LogP contribution >= 0.6 is 22.9 Å². The molecular formula is C18H17ClN2O2S2. The Labute approximate surface area is 156 Å². The number of hydrogen-bond donors (Lipinski definition) is 2. The van der Waals surface area contributed by atoms with Crippen LogP contribution in [-0.4, -0.2) is 15.5 Å². The zero-order valence-electron chi connectivity index (χ0n) is 13.5. The summed E-state index contributed by atoms with van der Waals surface area (Å²) in [6.45, 7) is 0.635. The largest absolute Gasteiger partial charge is 0.316 e. The number of halogens is 1. The summed E-state index contributed by atoms with van der Waals surface area (Å²) < 4.78 is 28.0. The zero-order valence-corrected chi connectivity index (χ0v) is 15.9. The molecule has 0 atom stereocenters. The minimum Gasteiger partial charge on any atom is -0.316 e. The van der Waals surface area contributed by atoms with E-state index in [9.17, 15) is 8.42 Å². The van der Waals surface area contributed by atoms with Crippen LogP contribution in [0.5, 0.6) is 0 Å². The Morgan fingerprint density at radius 3 is 2.56 bits per heavy atom. The van der Waals surface area contributed by atoms with E-state index in [1.807, 2.05) is 43.4 Å². The predicted octanol–water partition coefficient (Wildman–Crippen LogP) is 4.59. The van der Waals surface area contributed by atoms with Crippen LogP contribution in [0.25, 0.3) is 11.1 Å². The molecule has 3 rings (SSSR count). The molecule has 0 bridgehead atoms. The maximum Gasteiger partial charge on any atom is 0.262 e. The normalized spacial score (nSPS) is 11.4. The molecule has 3 aromatic rings. The third-order valence-corrected chi connectivity index (χ3v) is 6.20. The zero-order chi connectivity index (χ0) is 17.9. The maximum absolute atomic E-state index is 12.6. The van der Waals surface area contributed by atoms with Crippen molar-refractivity contribution in [3.8, 4) is 11.1 Å². The van der Waals surface area contributed by atoms with Gasteiger partial charge in [0.1, 0.15) is 0 Å². The van der Waals surface area contributed by atoms with Crippen molar-refractivity contribution in [1.82, 2.24) is 5.32 Å². The molecule has 1 aromatic heterocycles. The van der Waals surface area contributed by atoms with Crippen LogP contribution in [0.15, 0.2) is 64.2 Å². The van der Waals surface area contributed by atoms with E-state index in [2.05, 4.69) is 10.0 Å². The molecule has 2 aromatic carbocycles. The summed E-state index contributed by atoms with van der Waals surface area (Å²) in [5.74, 6) is 0. The lowest BCUT2D eigenvalue weighted by Gasteiger charge is -2.15. The molecule has 0 unspecified atom stereocenters. The summed E-state index contributed by atoms with van der Waals surface area (Å²) in [6.07, 6.45) is 0. The molecule has 1 heterocycles. The van der Waals surface area contributed by atoms with Gasteiger partial charge in [-0.2, -0.15) is 11.3 Å². The van der Waals surface area contributed by atoms with Crippen molar-refractivity contribution in [2.45, 2.75) is 11.4 Å². The fourth-order valence-electron chi connectivity index (χ4n) is 2.51. The highest BCUT2D eigenvalue weighted by atomic mass is 35.5. The van der Waals surface area contributed by atoms with Crippen molar-refractivity contribution in [1.29, 1.82) is 0 Å². The molecule has 25 heavy (non-hydrogen) atoms. The van der Waals surface area contributed by atoms with Gasteiger partial charge in [0, 0.05) is 28.1 Å². The first-order chi connectivity index (χ1) is 12.0. The van der Waals surface area contributed by atoms with Gasteiger partial charge in [-0.15, -0.1) is 0 Å². The van der Waals surface area contributed by atoms with E-state index >= 15 is 0 Å². The standard InChI is InChI=1S/C18H17ClN2O2S2/c1-20-11-13-6-7-16(15-4-2-3-5-17(15)19)18(10-13)21-25(22,23)14-8-9-24-12-14/h2-10,12,20-21H,11H2,1H3. The molecule has 4 nitrogen and oxygen atoms in total. The van der Waals surface area contributed by atoms with E-state index in [0.29, 0.717) is 17.3 Å². The van der Waals surface area contributed by atoms with Crippen molar-refractivity contribution in [3.63, 3.8) is 0 Å². The van der Waals surface area contributed by atoms with Gasteiger partial charge in [0.15, 0.2) is 0 Å². The lowest BCUT2D eigenvalue weighted by atomic mass is 10.0. The summed E-state index contributed by atoms with van der Waals surface area (Å²) >= 11 is 7.66. The number of benzene rings is 2. The molecule has 0 saturated carbocycles. The predicted molar refractivity (Wildman–Crippen MR) is 105 cm³/mol. The van der Waals surface area contributed by atoms with Gasteiger partial charge in [-0.3, -0.25) is 4.72 Å². The highest BCUT2D eigenvalue weighted by Gasteiger charge is 2.18. The summed E-state index contributed by atoms with van der Waals surface area (Å²) in [6, 6.07) is 14.6. The van der Waals surface area contributed by atoms with Gasteiger partial charge in [-0.1, -0.05) is 41.9 Å². The Balaban J connectivity index is 2.09. The molecule has 0 aliphatic carbocycles. The first-order valence-electron chi connectivity index (χ1n) is 7.59. The van der Waals surface area contributed by atoms with Gasteiger partial charge >= 0.3 is 0 Å². The van der Waals surface area contributed by atoms with Crippen LogP contribution in [0.1, 0.15) is 5.56 Å². The monoisotopic (exact) mass is 392 g/mol. The second-order valence-electron chi connectivity index (χ2n) is 5.45. The van der Waals surface area contributed by atoms with Gasteiger partial charge in [-0.05, 0) is 36.2 Å². The quantitative estimate of drug-likeness (QED) is 0.645. The van der Waals surface area contributed by atoms with Crippen molar-refractivity contribution in [3.05, 3.63) is 69.9 Å². The van der Waals surface area contributed by atoms with Crippen LogP contribution in [0, 0.1) is 0 Å².